The monoisotopic (exact) mass is 251 g/mol. The van der Waals surface area contributed by atoms with Crippen LogP contribution in [-0.4, -0.2) is 30.1 Å². The number of benzene rings is 1. The maximum absolute atomic E-state index is 11.4. The van der Waals surface area contributed by atoms with Gasteiger partial charge in [0.2, 0.25) is 0 Å². The largest absolute Gasteiger partial charge is 0.483 e. The maximum Gasteiger partial charge on any atom is 0.307 e. The maximum atomic E-state index is 11.4. The van der Waals surface area contributed by atoms with Gasteiger partial charge in [0.1, 0.15) is 5.75 Å². The Kier molecular flexibility index (Phi) is 5.70. The second kappa shape index (κ2) is 7.32. The molecule has 0 unspecified atom stereocenters. The summed E-state index contributed by atoms with van der Waals surface area (Å²) in [5.74, 6) is -0.699. The first kappa shape index (κ1) is 14.0. The van der Waals surface area contributed by atoms with Crippen LogP contribution in [0.5, 0.6) is 5.75 Å². The molecule has 0 spiro atoms. The summed E-state index contributed by atoms with van der Waals surface area (Å²) < 4.78 is 5.32. The number of rotatable bonds is 7. The minimum atomic E-state index is -0.929. The summed E-state index contributed by atoms with van der Waals surface area (Å²) in [4.78, 5) is 22.0. The van der Waals surface area contributed by atoms with Gasteiger partial charge in [0.15, 0.2) is 6.61 Å². The van der Waals surface area contributed by atoms with Crippen LogP contribution >= 0.6 is 0 Å². The van der Waals surface area contributed by atoms with E-state index in [0.717, 1.165) is 6.42 Å². The van der Waals surface area contributed by atoms with Crippen molar-refractivity contribution in [2.24, 2.45) is 0 Å². The normalized spacial score (nSPS) is 9.83. The number of hydrogen-bond acceptors (Lipinski definition) is 3. The van der Waals surface area contributed by atoms with E-state index in [0.29, 0.717) is 17.9 Å². The fraction of sp³-hybridized carbons (Fsp3) is 0.385. The molecule has 1 aromatic carbocycles. The van der Waals surface area contributed by atoms with Crippen LogP contribution in [0.25, 0.3) is 0 Å². The van der Waals surface area contributed by atoms with E-state index in [1.807, 2.05) is 6.92 Å². The number of carbonyl (C=O) groups is 2. The Morgan fingerprint density at radius 3 is 2.72 bits per heavy atom. The molecular weight excluding hydrogens is 234 g/mol. The molecule has 0 saturated carbocycles. The molecule has 0 radical (unpaired) electrons. The number of ether oxygens (including phenoxy) is 1. The van der Waals surface area contributed by atoms with Crippen LogP contribution in [0.2, 0.25) is 0 Å². The Morgan fingerprint density at radius 1 is 1.33 bits per heavy atom. The minimum absolute atomic E-state index is 0.101. The van der Waals surface area contributed by atoms with Crippen LogP contribution in [0.1, 0.15) is 18.9 Å². The highest BCUT2D eigenvalue weighted by atomic mass is 16.5. The summed E-state index contributed by atoms with van der Waals surface area (Å²) in [5, 5.41) is 11.4. The standard InChI is InChI=1S/C13H17NO4/c1-2-7-14-12(15)9-18-11-6-4-3-5-10(11)8-13(16)17/h3-6H,2,7-9H2,1H3,(H,14,15)(H,16,17). The average molecular weight is 251 g/mol. The third kappa shape index (κ3) is 4.86. The summed E-state index contributed by atoms with van der Waals surface area (Å²) in [6, 6.07) is 6.81. The molecule has 0 aliphatic rings. The van der Waals surface area contributed by atoms with E-state index in [9.17, 15) is 9.59 Å². The molecule has 0 aliphatic carbocycles. The number of aliphatic carboxylic acids is 1. The summed E-state index contributed by atoms with van der Waals surface area (Å²) in [7, 11) is 0. The van der Waals surface area contributed by atoms with Gasteiger partial charge in [-0.15, -0.1) is 0 Å². The van der Waals surface area contributed by atoms with Gasteiger partial charge < -0.3 is 15.2 Å². The van der Waals surface area contributed by atoms with Crippen LogP contribution in [0.3, 0.4) is 0 Å². The van der Waals surface area contributed by atoms with Gasteiger partial charge in [-0.25, -0.2) is 0 Å². The number of nitrogens with one attached hydrogen (secondary N) is 1. The van der Waals surface area contributed by atoms with Gasteiger partial charge in [0.25, 0.3) is 5.91 Å². The summed E-state index contributed by atoms with van der Waals surface area (Å²) >= 11 is 0. The molecule has 5 heteroatoms. The number of amides is 1. The van der Waals surface area contributed by atoms with E-state index in [1.54, 1.807) is 24.3 Å². The molecular formula is C13H17NO4. The number of carboxylic acid groups (broad SMARTS) is 1. The highest BCUT2D eigenvalue weighted by Crippen LogP contribution is 2.18. The zero-order valence-electron chi connectivity index (χ0n) is 10.3. The first-order valence-corrected chi connectivity index (χ1v) is 5.82. The predicted octanol–water partition coefficient (Wildman–Crippen LogP) is 1.22. The number of para-hydroxylation sites is 1. The van der Waals surface area contributed by atoms with Gasteiger partial charge in [0, 0.05) is 12.1 Å². The van der Waals surface area contributed by atoms with E-state index in [4.69, 9.17) is 9.84 Å². The van der Waals surface area contributed by atoms with Crippen LogP contribution in [0.4, 0.5) is 0 Å². The van der Waals surface area contributed by atoms with E-state index in [2.05, 4.69) is 5.32 Å². The van der Waals surface area contributed by atoms with Crippen molar-refractivity contribution in [2.75, 3.05) is 13.2 Å². The number of hydrogen-bond donors (Lipinski definition) is 2. The molecule has 2 N–H and O–H groups in total. The molecule has 18 heavy (non-hydrogen) atoms. The van der Waals surface area contributed by atoms with Crippen LogP contribution < -0.4 is 10.1 Å². The summed E-state index contributed by atoms with van der Waals surface area (Å²) in [5.41, 5.74) is 0.563. The van der Waals surface area contributed by atoms with Crippen LogP contribution in [0.15, 0.2) is 24.3 Å². The topological polar surface area (TPSA) is 75.6 Å². The van der Waals surface area contributed by atoms with E-state index in [-0.39, 0.29) is 18.9 Å². The first-order chi connectivity index (χ1) is 8.63. The van der Waals surface area contributed by atoms with Crippen molar-refractivity contribution in [1.29, 1.82) is 0 Å². The van der Waals surface area contributed by atoms with Crippen molar-refractivity contribution in [2.45, 2.75) is 19.8 Å². The Balaban J connectivity index is 2.55. The minimum Gasteiger partial charge on any atom is -0.483 e. The molecule has 5 nitrogen and oxygen atoms in total. The highest BCUT2D eigenvalue weighted by molar-refractivity contribution is 5.77. The Labute approximate surface area is 106 Å². The van der Waals surface area contributed by atoms with E-state index >= 15 is 0 Å². The SMILES string of the molecule is CCCNC(=O)COc1ccccc1CC(=O)O. The van der Waals surface area contributed by atoms with Crippen molar-refractivity contribution in [3.8, 4) is 5.75 Å². The van der Waals surface area contributed by atoms with Crippen molar-refractivity contribution < 1.29 is 19.4 Å². The zero-order chi connectivity index (χ0) is 13.4. The quantitative estimate of drug-likeness (QED) is 0.764. The molecule has 0 fully saturated rings. The Bertz CT molecular complexity index is 417. The molecule has 0 aliphatic heterocycles. The third-order valence-electron chi connectivity index (χ3n) is 2.25. The van der Waals surface area contributed by atoms with Gasteiger partial charge >= 0.3 is 5.97 Å². The lowest BCUT2D eigenvalue weighted by molar-refractivity contribution is -0.136. The fourth-order valence-corrected chi connectivity index (χ4v) is 1.41. The molecule has 0 heterocycles. The summed E-state index contributed by atoms with van der Waals surface area (Å²) in [6.45, 7) is 2.47. The van der Waals surface area contributed by atoms with Crippen LogP contribution in [-0.2, 0) is 16.0 Å². The molecule has 1 amide bonds. The van der Waals surface area contributed by atoms with Gasteiger partial charge in [0.05, 0.1) is 6.42 Å². The zero-order valence-corrected chi connectivity index (χ0v) is 10.3. The van der Waals surface area contributed by atoms with E-state index in [1.165, 1.54) is 0 Å². The molecule has 0 atom stereocenters. The van der Waals surface area contributed by atoms with Crippen LogP contribution in [0, 0.1) is 0 Å². The lowest BCUT2D eigenvalue weighted by Crippen LogP contribution is -2.29. The van der Waals surface area contributed by atoms with E-state index < -0.39 is 5.97 Å². The Hall–Kier alpha value is -2.04. The summed E-state index contributed by atoms with van der Waals surface area (Å²) in [6.07, 6.45) is 0.744. The van der Waals surface area contributed by atoms with Gasteiger partial charge in [-0.05, 0) is 12.5 Å². The number of carbonyl (C=O) groups excluding carboxylic acids is 1. The first-order valence-electron chi connectivity index (χ1n) is 5.82. The lowest BCUT2D eigenvalue weighted by atomic mass is 10.1. The number of carboxylic acids is 1. The highest BCUT2D eigenvalue weighted by Gasteiger charge is 2.08. The molecule has 1 aromatic rings. The third-order valence-corrected chi connectivity index (χ3v) is 2.25. The van der Waals surface area contributed by atoms with Gasteiger partial charge in [-0.1, -0.05) is 25.1 Å². The van der Waals surface area contributed by atoms with Gasteiger partial charge in [-0.3, -0.25) is 9.59 Å². The molecule has 0 bridgehead atoms. The van der Waals surface area contributed by atoms with Crippen molar-refractivity contribution in [3.05, 3.63) is 29.8 Å². The molecule has 98 valence electrons. The van der Waals surface area contributed by atoms with Gasteiger partial charge in [-0.2, -0.15) is 0 Å². The molecule has 0 aromatic heterocycles. The lowest BCUT2D eigenvalue weighted by Gasteiger charge is -2.10. The smallest absolute Gasteiger partial charge is 0.307 e. The average Bonchev–Trinajstić information content (AvgIpc) is 2.34. The molecule has 0 saturated heterocycles. The van der Waals surface area contributed by atoms with Crippen molar-refractivity contribution in [3.63, 3.8) is 0 Å². The second-order valence-electron chi connectivity index (χ2n) is 3.82. The fourth-order valence-electron chi connectivity index (χ4n) is 1.41. The van der Waals surface area contributed by atoms with Crippen molar-refractivity contribution in [1.82, 2.24) is 5.32 Å². The Morgan fingerprint density at radius 2 is 2.06 bits per heavy atom. The van der Waals surface area contributed by atoms with Crippen molar-refractivity contribution >= 4 is 11.9 Å². The predicted molar refractivity (Wildman–Crippen MR) is 66.6 cm³/mol. The second-order valence-corrected chi connectivity index (χ2v) is 3.82. The molecule has 1 rings (SSSR count).